The van der Waals surface area contributed by atoms with Crippen LogP contribution in [0, 0.1) is 0 Å². The van der Waals surface area contributed by atoms with E-state index in [4.69, 9.17) is 0 Å². The number of hydrogen-bond acceptors (Lipinski definition) is 0. The molecule has 0 saturated heterocycles. The predicted octanol–water partition coefficient (Wildman–Crippen LogP) is 4.74. The molecule has 0 saturated carbocycles. The van der Waals surface area contributed by atoms with E-state index in [0.29, 0.717) is 0 Å². The second-order valence-electron chi connectivity index (χ2n) is 9.02. The first-order valence-corrected chi connectivity index (χ1v) is 11.4. The summed E-state index contributed by atoms with van der Waals surface area (Å²) < 4.78 is 1.12. The number of unbranched alkanes of at least 4 members (excludes halogenated alkanes) is 17. The van der Waals surface area contributed by atoms with Gasteiger partial charge < -0.3 is 28.5 Å². The van der Waals surface area contributed by atoms with Crippen LogP contribution in [0.1, 0.15) is 122 Å². The average molecular weight is 468 g/mol. The Hall–Kier alpha value is 0.690. The number of quaternary nitrogens is 1. The van der Waals surface area contributed by atoms with Crippen LogP contribution in [0.4, 0.5) is 0 Å². The largest absolute Gasteiger partial charge is 1.00 e. The fourth-order valence-corrected chi connectivity index (χ4v) is 3.49. The molecule has 0 spiro atoms. The normalized spacial score (nSPS) is 11.5. The SMILES string of the molecule is CCCCCCCCCCCCCCCCCCCC[N+](C)(C)C.[I-]. The van der Waals surface area contributed by atoms with Gasteiger partial charge in [-0.25, -0.2) is 0 Å². The van der Waals surface area contributed by atoms with Gasteiger partial charge in [-0.2, -0.15) is 0 Å². The van der Waals surface area contributed by atoms with Crippen LogP contribution < -0.4 is 24.0 Å². The van der Waals surface area contributed by atoms with Crippen LogP contribution in [0.3, 0.4) is 0 Å². The Morgan fingerprint density at radius 3 is 0.880 bits per heavy atom. The Kier molecular flexibility index (Phi) is 23.4. The molecule has 0 aliphatic heterocycles. The van der Waals surface area contributed by atoms with Crippen LogP contribution in [0.2, 0.25) is 0 Å². The van der Waals surface area contributed by atoms with Crippen molar-refractivity contribution in [3.05, 3.63) is 0 Å². The maximum Gasteiger partial charge on any atom is 0.0780 e. The van der Waals surface area contributed by atoms with Gasteiger partial charge in [-0.3, -0.25) is 0 Å². The molecule has 0 unspecified atom stereocenters. The van der Waals surface area contributed by atoms with E-state index in [1.165, 1.54) is 122 Å². The Labute approximate surface area is 178 Å². The molecule has 0 rings (SSSR count). The van der Waals surface area contributed by atoms with Crippen LogP contribution in [0.25, 0.3) is 0 Å². The molecule has 154 valence electrons. The minimum Gasteiger partial charge on any atom is -1.00 e. The fraction of sp³-hybridized carbons (Fsp3) is 1.00. The zero-order chi connectivity index (χ0) is 17.9. The summed E-state index contributed by atoms with van der Waals surface area (Å²) in [5.74, 6) is 0. The van der Waals surface area contributed by atoms with Crippen LogP contribution in [-0.2, 0) is 0 Å². The molecule has 0 atom stereocenters. The molecule has 0 aliphatic carbocycles. The lowest BCUT2D eigenvalue weighted by molar-refractivity contribution is -0.870. The number of rotatable bonds is 19. The number of hydrogen-bond donors (Lipinski definition) is 0. The van der Waals surface area contributed by atoms with Gasteiger partial charge in [0.15, 0.2) is 0 Å². The summed E-state index contributed by atoms with van der Waals surface area (Å²) in [7, 11) is 6.90. The van der Waals surface area contributed by atoms with Crippen molar-refractivity contribution >= 4 is 0 Å². The predicted molar refractivity (Wildman–Crippen MR) is 112 cm³/mol. The average Bonchev–Trinajstić information content (AvgIpc) is 2.52. The zero-order valence-electron chi connectivity index (χ0n) is 18.3. The van der Waals surface area contributed by atoms with Crippen molar-refractivity contribution in [1.29, 1.82) is 0 Å². The van der Waals surface area contributed by atoms with Crippen molar-refractivity contribution in [1.82, 2.24) is 0 Å². The van der Waals surface area contributed by atoms with E-state index >= 15 is 0 Å². The fourth-order valence-electron chi connectivity index (χ4n) is 3.49. The van der Waals surface area contributed by atoms with E-state index in [1.807, 2.05) is 0 Å². The van der Waals surface area contributed by atoms with E-state index < -0.39 is 0 Å². The first kappa shape index (κ1) is 27.9. The minimum atomic E-state index is 0. The Morgan fingerprint density at radius 1 is 0.400 bits per heavy atom. The molecule has 25 heavy (non-hydrogen) atoms. The molecule has 0 N–H and O–H groups in total. The van der Waals surface area contributed by atoms with Crippen LogP contribution in [0.15, 0.2) is 0 Å². The highest BCUT2D eigenvalue weighted by atomic mass is 127. The maximum absolute atomic E-state index is 2.30. The molecule has 0 aliphatic rings. The summed E-state index contributed by atoms with van der Waals surface area (Å²) in [5.41, 5.74) is 0. The van der Waals surface area contributed by atoms with Gasteiger partial charge in [0, 0.05) is 0 Å². The highest BCUT2D eigenvalue weighted by molar-refractivity contribution is 4.50. The molecule has 0 radical (unpaired) electrons. The van der Waals surface area contributed by atoms with E-state index in [2.05, 4.69) is 28.1 Å². The highest BCUT2D eigenvalue weighted by Crippen LogP contribution is 2.14. The van der Waals surface area contributed by atoms with Crippen molar-refractivity contribution in [3.63, 3.8) is 0 Å². The smallest absolute Gasteiger partial charge is 0.0780 e. The van der Waals surface area contributed by atoms with Gasteiger partial charge in [0.2, 0.25) is 0 Å². The van der Waals surface area contributed by atoms with Crippen molar-refractivity contribution in [2.45, 2.75) is 122 Å². The second-order valence-corrected chi connectivity index (χ2v) is 9.02. The van der Waals surface area contributed by atoms with E-state index in [9.17, 15) is 0 Å². The minimum absolute atomic E-state index is 0. The van der Waals surface area contributed by atoms with Gasteiger partial charge in [0.25, 0.3) is 0 Å². The molecule has 2 heteroatoms. The van der Waals surface area contributed by atoms with Crippen molar-refractivity contribution < 1.29 is 28.5 Å². The molecule has 0 heterocycles. The lowest BCUT2D eigenvalue weighted by Crippen LogP contribution is -3.00. The molecule has 1 nitrogen and oxygen atoms in total. The Morgan fingerprint density at radius 2 is 0.640 bits per heavy atom. The lowest BCUT2D eigenvalue weighted by Gasteiger charge is -2.23. The van der Waals surface area contributed by atoms with Gasteiger partial charge >= 0.3 is 0 Å². The summed E-state index contributed by atoms with van der Waals surface area (Å²) in [6, 6.07) is 0. The molecule has 0 amide bonds. The molecule has 0 fully saturated rings. The first-order valence-electron chi connectivity index (χ1n) is 11.4. The number of nitrogens with zero attached hydrogens (tertiary/aromatic N) is 1. The molecular formula is C23H50IN. The summed E-state index contributed by atoms with van der Waals surface area (Å²) in [5, 5.41) is 0. The van der Waals surface area contributed by atoms with Crippen LogP contribution in [0.5, 0.6) is 0 Å². The molecule has 0 bridgehead atoms. The zero-order valence-corrected chi connectivity index (χ0v) is 20.4. The summed E-state index contributed by atoms with van der Waals surface area (Å²) in [6.45, 7) is 3.63. The second kappa shape index (κ2) is 21.0. The van der Waals surface area contributed by atoms with Gasteiger partial charge in [-0.1, -0.05) is 110 Å². The molecule has 0 aromatic rings. The number of halogens is 1. The summed E-state index contributed by atoms with van der Waals surface area (Å²) >= 11 is 0. The van der Waals surface area contributed by atoms with E-state index in [-0.39, 0.29) is 24.0 Å². The van der Waals surface area contributed by atoms with Crippen LogP contribution >= 0.6 is 0 Å². The van der Waals surface area contributed by atoms with Gasteiger partial charge in [0.05, 0.1) is 27.7 Å². The van der Waals surface area contributed by atoms with E-state index in [0.717, 1.165) is 4.48 Å². The molecular weight excluding hydrogens is 417 g/mol. The molecule has 0 aromatic heterocycles. The third-order valence-corrected chi connectivity index (χ3v) is 5.18. The van der Waals surface area contributed by atoms with Gasteiger partial charge in [-0.15, -0.1) is 0 Å². The van der Waals surface area contributed by atoms with Crippen molar-refractivity contribution in [2.75, 3.05) is 27.7 Å². The van der Waals surface area contributed by atoms with Crippen LogP contribution in [-0.4, -0.2) is 32.2 Å². The third-order valence-electron chi connectivity index (χ3n) is 5.18. The Balaban J connectivity index is 0. The molecule has 0 aromatic carbocycles. The highest BCUT2D eigenvalue weighted by Gasteiger charge is 2.04. The van der Waals surface area contributed by atoms with Gasteiger partial charge in [0.1, 0.15) is 0 Å². The topological polar surface area (TPSA) is 0 Å². The summed E-state index contributed by atoms with van der Waals surface area (Å²) in [6.07, 6.45) is 26.3. The van der Waals surface area contributed by atoms with Crippen molar-refractivity contribution in [2.24, 2.45) is 0 Å². The maximum atomic E-state index is 2.30. The van der Waals surface area contributed by atoms with E-state index in [1.54, 1.807) is 0 Å². The van der Waals surface area contributed by atoms with Gasteiger partial charge in [-0.05, 0) is 12.8 Å². The van der Waals surface area contributed by atoms with Crippen molar-refractivity contribution in [3.8, 4) is 0 Å². The summed E-state index contributed by atoms with van der Waals surface area (Å²) in [4.78, 5) is 0. The Bertz CT molecular complexity index is 235. The quantitative estimate of drug-likeness (QED) is 0.146. The third kappa shape index (κ3) is 27.0. The first-order chi connectivity index (χ1) is 11.6. The monoisotopic (exact) mass is 467 g/mol. The standard InChI is InChI=1S/C23H50N.HI/c1-5-6-7-8-9-10-11-12-13-14-15-16-17-18-19-20-21-22-23-24(2,3)4;/h5-23H2,1-4H3;1H/q+1;/p-1. The lowest BCUT2D eigenvalue weighted by atomic mass is 10.0.